The summed E-state index contributed by atoms with van der Waals surface area (Å²) in [5, 5.41) is 6.22. The number of aromatic nitrogens is 2. The molecule has 2 unspecified atom stereocenters. The molecule has 4 rings (SSSR count). The summed E-state index contributed by atoms with van der Waals surface area (Å²) in [5.74, 6) is -0.845. The molecule has 2 aliphatic rings. The van der Waals surface area contributed by atoms with Gasteiger partial charge in [0.05, 0.1) is 12.1 Å². The zero-order valence-electron chi connectivity index (χ0n) is 18.1. The molecule has 1 aliphatic carbocycles. The van der Waals surface area contributed by atoms with Crippen LogP contribution in [0.2, 0.25) is 0 Å². The normalized spacial score (nSPS) is 21.8. The van der Waals surface area contributed by atoms with Crippen LogP contribution in [0.15, 0.2) is 24.4 Å². The first-order valence-electron chi connectivity index (χ1n) is 10.8. The van der Waals surface area contributed by atoms with Crippen molar-refractivity contribution in [3.63, 3.8) is 0 Å². The molecule has 2 heterocycles. The maximum atomic E-state index is 14.3. The minimum atomic E-state index is -0.553. The van der Waals surface area contributed by atoms with E-state index < -0.39 is 5.82 Å². The van der Waals surface area contributed by atoms with E-state index in [9.17, 15) is 9.18 Å². The molecule has 166 valence electrons. The Morgan fingerprint density at radius 1 is 1.23 bits per heavy atom. The number of benzene rings is 1. The molecule has 8 nitrogen and oxygen atoms in total. The third-order valence-electron chi connectivity index (χ3n) is 6.24. The summed E-state index contributed by atoms with van der Waals surface area (Å²) in [7, 11) is 2.14. The molecule has 4 N–H and O–H groups in total. The highest BCUT2D eigenvalue weighted by molar-refractivity contribution is 5.78. The van der Waals surface area contributed by atoms with Gasteiger partial charge in [-0.15, -0.1) is 0 Å². The van der Waals surface area contributed by atoms with Gasteiger partial charge in [-0.25, -0.2) is 9.37 Å². The van der Waals surface area contributed by atoms with Gasteiger partial charge in [-0.1, -0.05) is 6.42 Å². The van der Waals surface area contributed by atoms with Crippen LogP contribution in [0.4, 0.5) is 27.5 Å². The molecule has 1 amide bonds. The molecule has 2 fully saturated rings. The first-order valence-corrected chi connectivity index (χ1v) is 10.8. The maximum Gasteiger partial charge on any atom is 0.229 e. The molecular weight excluding hydrogens is 397 g/mol. The van der Waals surface area contributed by atoms with Crippen molar-refractivity contribution < 1.29 is 9.18 Å². The van der Waals surface area contributed by atoms with Gasteiger partial charge in [0.15, 0.2) is 11.6 Å². The minimum absolute atomic E-state index is 0.0847. The number of amides is 1. The summed E-state index contributed by atoms with van der Waals surface area (Å²) < 4.78 is 14.3. The van der Waals surface area contributed by atoms with Crippen LogP contribution in [-0.4, -0.2) is 60.0 Å². The summed E-state index contributed by atoms with van der Waals surface area (Å²) >= 11 is 0. The zero-order valence-corrected chi connectivity index (χ0v) is 18.1. The second-order valence-electron chi connectivity index (χ2n) is 8.50. The van der Waals surface area contributed by atoms with E-state index in [2.05, 4.69) is 50.4 Å². The van der Waals surface area contributed by atoms with E-state index in [-0.39, 0.29) is 23.7 Å². The molecule has 2 aromatic rings. The Bertz CT molecular complexity index is 945. The summed E-state index contributed by atoms with van der Waals surface area (Å²) in [4.78, 5) is 24.7. The Kier molecular flexibility index (Phi) is 6.22. The number of carbonyl (C=O) groups excluding carboxylic acids is 1. The van der Waals surface area contributed by atoms with Crippen molar-refractivity contribution in [2.45, 2.75) is 32.2 Å². The van der Waals surface area contributed by atoms with Gasteiger partial charge >= 0.3 is 0 Å². The summed E-state index contributed by atoms with van der Waals surface area (Å²) in [5.41, 5.74) is 8.69. The van der Waals surface area contributed by atoms with E-state index in [4.69, 9.17) is 5.73 Å². The van der Waals surface area contributed by atoms with Crippen LogP contribution in [0, 0.1) is 18.7 Å². The second kappa shape index (κ2) is 9.05. The number of nitrogens with two attached hydrogens (primary N) is 1. The van der Waals surface area contributed by atoms with Gasteiger partial charge in [-0.05, 0) is 50.6 Å². The quantitative estimate of drug-likeness (QED) is 0.651. The lowest BCUT2D eigenvalue weighted by molar-refractivity contribution is -0.121. The molecule has 1 aromatic carbocycles. The number of aryl methyl sites for hydroxylation is 1. The van der Waals surface area contributed by atoms with Gasteiger partial charge in [0.25, 0.3) is 0 Å². The van der Waals surface area contributed by atoms with Crippen molar-refractivity contribution in [1.29, 1.82) is 0 Å². The fourth-order valence-electron chi connectivity index (χ4n) is 4.44. The van der Waals surface area contributed by atoms with E-state index in [1.54, 1.807) is 0 Å². The Morgan fingerprint density at radius 3 is 2.71 bits per heavy atom. The van der Waals surface area contributed by atoms with E-state index in [0.29, 0.717) is 12.4 Å². The zero-order chi connectivity index (χ0) is 22.0. The topological polar surface area (TPSA) is 99.4 Å². The van der Waals surface area contributed by atoms with Gasteiger partial charge in [0.1, 0.15) is 0 Å². The summed E-state index contributed by atoms with van der Waals surface area (Å²) in [6.45, 7) is 6.20. The highest BCUT2D eigenvalue weighted by Gasteiger charge is 2.32. The Labute approximate surface area is 182 Å². The summed E-state index contributed by atoms with van der Waals surface area (Å²) in [6.07, 6.45) is 3.48. The number of rotatable bonds is 6. The highest BCUT2D eigenvalue weighted by atomic mass is 19.1. The predicted octanol–water partition coefficient (Wildman–Crippen LogP) is 2.49. The first kappa shape index (κ1) is 21.3. The molecule has 1 aliphatic heterocycles. The number of anilines is 4. The van der Waals surface area contributed by atoms with E-state index >= 15 is 0 Å². The molecule has 0 spiro atoms. The molecule has 1 saturated heterocycles. The first-order chi connectivity index (χ1) is 14.9. The van der Waals surface area contributed by atoms with Crippen molar-refractivity contribution in [2.75, 3.05) is 48.8 Å². The smallest absolute Gasteiger partial charge is 0.229 e. The third kappa shape index (κ3) is 4.87. The molecular formula is C22H30FN7O. The minimum Gasteiger partial charge on any atom is -0.369 e. The number of hydrogen-bond donors (Lipinski definition) is 3. The standard InChI is InChI=1S/C22H30FN7O/c1-14-12-15(6-7-19(14)30-10-8-29(2)9-11-30)26-22-25-13-17(23)21(28-22)27-18-5-3-4-16(18)20(24)31/h6-7,12-13,16,18H,3-5,8-11H2,1-2H3,(H2,24,31)(H2,25,26,27,28). The predicted molar refractivity (Wildman–Crippen MR) is 120 cm³/mol. The van der Waals surface area contributed by atoms with Crippen LogP contribution >= 0.6 is 0 Å². The molecule has 9 heteroatoms. The van der Waals surface area contributed by atoms with Crippen molar-refractivity contribution >= 4 is 29.0 Å². The lowest BCUT2D eigenvalue weighted by atomic mass is 10.0. The number of likely N-dealkylation sites (N-methyl/N-ethyl adjacent to an activating group) is 1. The van der Waals surface area contributed by atoms with Crippen LogP contribution in [-0.2, 0) is 4.79 Å². The number of primary amides is 1. The second-order valence-corrected chi connectivity index (χ2v) is 8.50. The third-order valence-corrected chi connectivity index (χ3v) is 6.24. The number of halogens is 1. The largest absolute Gasteiger partial charge is 0.369 e. The monoisotopic (exact) mass is 427 g/mol. The molecule has 31 heavy (non-hydrogen) atoms. The maximum absolute atomic E-state index is 14.3. The number of hydrogen-bond acceptors (Lipinski definition) is 7. The van der Waals surface area contributed by atoms with Crippen LogP contribution in [0.1, 0.15) is 24.8 Å². The SMILES string of the molecule is Cc1cc(Nc2ncc(F)c(NC3CCCC3C(N)=O)n2)ccc1N1CCN(C)CC1. The van der Waals surface area contributed by atoms with Gasteiger partial charge in [0, 0.05) is 43.6 Å². The fraction of sp³-hybridized carbons (Fsp3) is 0.500. The molecule has 2 atom stereocenters. The lowest BCUT2D eigenvalue weighted by Gasteiger charge is -2.35. The van der Waals surface area contributed by atoms with Crippen LogP contribution < -0.4 is 21.3 Å². The van der Waals surface area contributed by atoms with Crippen molar-refractivity contribution in [2.24, 2.45) is 11.7 Å². The number of carbonyl (C=O) groups is 1. The molecule has 0 bridgehead atoms. The van der Waals surface area contributed by atoms with Crippen LogP contribution in [0.3, 0.4) is 0 Å². The van der Waals surface area contributed by atoms with E-state index in [1.807, 2.05) is 12.1 Å². The Balaban J connectivity index is 1.46. The van der Waals surface area contributed by atoms with Crippen LogP contribution in [0.25, 0.3) is 0 Å². The molecule has 1 aromatic heterocycles. The number of piperazine rings is 1. The van der Waals surface area contributed by atoms with Crippen molar-refractivity contribution in [1.82, 2.24) is 14.9 Å². The van der Waals surface area contributed by atoms with Gasteiger partial charge < -0.3 is 26.2 Å². The number of nitrogens with zero attached hydrogens (tertiary/aromatic N) is 4. The van der Waals surface area contributed by atoms with E-state index in [0.717, 1.165) is 56.5 Å². The van der Waals surface area contributed by atoms with Gasteiger partial charge in [-0.2, -0.15) is 4.98 Å². The van der Waals surface area contributed by atoms with Gasteiger partial charge in [-0.3, -0.25) is 4.79 Å². The van der Waals surface area contributed by atoms with Crippen LogP contribution in [0.5, 0.6) is 0 Å². The lowest BCUT2D eigenvalue weighted by Crippen LogP contribution is -2.44. The molecule has 0 radical (unpaired) electrons. The highest BCUT2D eigenvalue weighted by Crippen LogP contribution is 2.30. The Morgan fingerprint density at radius 2 is 2.00 bits per heavy atom. The molecule has 1 saturated carbocycles. The average Bonchev–Trinajstić information content (AvgIpc) is 3.20. The number of nitrogens with one attached hydrogen (secondary N) is 2. The average molecular weight is 428 g/mol. The fourth-order valence-corrected chi connectivity index (χ4v) is 4.44. The van der Waals surface area contributed by atoms with Crippen molar-refractivity contribution in [3.05, 3.63) is 35.8 Å². The van der Waals surface area contributed by atoms with Crippen molar-refractivity contribution in [3.8, 4) is 0 Å². The Hall–Kier alpha value is -2.94. The van der Waals surface area contributed by atoms with Gasteiger partial charge in [0.2, 0.25) is 11.9 Å². The summed E-state index contributed by atoms with van der Waals surface area (Å²) in [6, 6.07) is 5.93. The van der Waals surface area contributed by atoms with E-state index in [1.165, 1.54) is 5.69 Å².